The molecule has 0 radical (unpaired) electrons. The lowest BCUT2D eigenvalue weighted by Gasteiger charge is -2.26. The average Bonchev–Trinajstić information content (AvgIpc) is 2.69. The van der Waals surface area contributed by atoms with Crippen LogP contribution in [0.25, 0.3) is 0 Å². The maximum Gasteiger partial charge on any atom is 0.0131 e. The molecule has 1 unspecified atom stereocenters. The molecule has 66 valence electrons. The summed E-state index contributed by atoms with van der Waals surface area (Å²) in [5.41, 5.74) is 6.55. The Hall–Kier alpha value is -0.0800. The molecule has 1 fully saturated rings. The molecular formula is C9H20N2. The van der Waals surface area contributed by atoms with Crippen molar-refractivity contribution in [2.24, 2.45) is 17.1 Å². The predicted molar refractivity (Wildman–Crippen MR) is 48.4 cm³/mol. The maximum atomic E-state index is 6.10. The van der Waals surface area contributed by atoms with Gasteiger partial charge < -0.3 is 11.1 Å². The minimum Gasteiger partial charge on any atom is -0.327 e. The van der Waals surface area contributed by atoms with Crippen LogP contribution in [0.1, 0.15) is 26.7 Å². The summed E-state index contributed by atoms with van der Waals surface area (Å²) >= 11 is 0. The van der Waals surface area contributed by atoms with E-state index in [1.165, 1.54) is 12.8 Å². The van der Waals surface area contributed by atoms with Crippen LogP contribution in [-0.4, -0.2) is 19.6 Å². The molecule has 3 N–H and O–H groups in total. The Morgan fingerprint density at radius 1 is 1.45 bits per heavy atom. The van der Waals surface area contributed by atoms with Crippen molar-refractivity contribution in [2.75, 3.05) is 13.6 Å². The minimum absolute atomic E-state index is 0.384. The van der Waals surface area contributed by atoms with E-state index >= 15 is 0 Å². The number of nitrogens with two attached hydrogens (primary N) is 1. The second-order valence-electron chi connectivity index (χ2n) is 4.16. The third-order valence-corrected chi connectivity index (χ3v) is 2.85. The second kappa shape index (κ2) is 3.11. The first-order valence-electron chi connectivity index (χ1n) is 4.52. The molecule has 0 amide bonds. The summed E-state index contributed by atoms with van der Waals surface area (Å²) in [4.78, 5) is 0. The molecule has 1 aliphatic carbocycles. The zero-order valence-corrected chi connectivity index (χ0v) is 7.85. The second-order valence-corrected chi connectivity index (χ2v) is 4.16. The molecule has 11 heavy (non-hydrogen) atoms. The Kier molecular flexibility index (Phi) is 2.55. The van der Waals surface area contributed by atoms with Crippen LogP contribution in [-0.2, 0) is 0 Å². The highest BCUT2D eigenvalue weighted by Crippen LogP contribution is 2.49. The van der Waals surface area contributed by atoms with Gasteiger partial charge in [0.15, 0.2) is 0 Å². The van der Waals surface area contributed by atoms with Gasteiger partial charge in [0.25, 0.3) is 0 Å². The number of rotatable bonds is 4. The molecular weight excluding hydrogens is 136 g/mol. The number of nitrogens with one attached hydrogen (secondary N) is 1. The first-order chi connectivity index (χ1) is 5.12. The quantitative estimate of drug-likeness (QED) is 0.636. The Bertz CT molecular complexity index is 128. The molecule has 0 aromatic rings. The van der Waals surface area contributed by atoms with Crippen LogP contribution in [0, 0.1) is 11.3 Å². The van der Waals surface area contributed by atoms with Crippen molar-refractivity contribution in [3.63, 3.8) is 0 Å². The van der Waals surface area contributed by atoms with Crippen LogP contribution in [0.5, 0.6) is 0 Å². The Labute approximate surface area is 69.5 Å². The van der Waals surface area contributed by atoms with Gasteiger partial charge in [0.1, 0.15) is 0 Å². The first kappa shape index (κ1) is 9.01. The Morgan fingerprint density at radius 2 is 2.00 bits per heavy atom. The topological polar surface area (TPSA) is 38.0 Å². The van der Waals surface area contributed by atoms with Crippen LogP contribution in [0.3, 0.4) is 0 Å². The molecule has 0 heterocycles. The summed E-state index contributed by atoms with van der Waals surface area (Å²) in [7, 11) is 2.01. The van der Waals surface area contributed by atoms with Gasteiger partial charge in [-0.15, -0.1) is 0 Å². The Balaban J connectivity index is 2.44. The first-order valence-corrected chi connectivity index (χ1v) is 4.52. The van der Waals surface area contributed by atoms with Crippen LogP contribution >= 0.6 is 0 Å². The molecule has 0 spiro atoms. The highest BCUT2D eigenvalue weighted by Gasteiger charge is 2.47. The summed E-state index contributed by atoms with van der Waals surface area (Å²) in [5, 5.41) is 3.23. The molecule has 0 aromatic heterocycles. The van der Waals surface area contributed by atoms with Crippen molar-refractivity contribution >= 4 is 0 Å². The molecule has 2 heteroatoms. The number of hydrogen-bond acceptors (Lipinski definition) is 2. The summed E-state index contributed by atoms with van der Waals surface area (Å²) in [5.74, 6) is 0.617. The fraction of sp³-hybridized carbons (Fsp3) is 1.00. The van der Waals surface area contributed by atoms with Crippen molar-refractivity contribution in [1.82, 2.24) is 5.32 Å². The fourth-order valence-corrected chi connectivity index (χ4v) is 1.85. The van der Waals surface area contributed by atoms with E-state index in [4.69, 9.17) is 5.73 Å². The molecule has 1 rings (SSSR count). The van der Waals surface area contributed by atoms with Crippen molar-refractivity contribution in [3.05, 3.63) is 0 Å². The largest absolute Gasteiger partial charge is 0.327 e. The smallest absolute Gasteiger partial charge is 0.0131 e. The molecule has 0 saturated heterocycles. The predicted octanol–water partition coefficient (Wildman–Crippen LogP) is 0.969. The molecule has 0 bridgehead atoms. The van der Waals surface area contributed by atoms with E-state index in [2.05, 4.69) is 19.2 Å². The molecule has 0 aromatic carbocycles. The highest BCUT2D eigenvalue weighted by molar-refractivity contribution is 5.03. The Morgan fingerprint density at radius 3 is 2.27 bits per heavy atom. The van der Waals surface area contributed by atoms with Gasteiger partial charge in [0, 0.05) is 12.6 Å². The lowest BCUT2D eigenvalue weighted by Crippen LogP contribution is -2.41. The SMILES string of the molecule is CNCC1(C(N)C(C)C)CC1. The van der Waals surface area contributed by atoms with E-state index in [-0.39, 0.29) is 0 Å². The molecule has 1 aliphatic rings. The van der Waals surface area contributed by atoms with Gasteiger partial charge in [-0.3, -0.25) is 0 Å². The van der Waals surface area contributed by atoms with E-state index in [9.17, 15) is 0 Å². The standard InChI is InChI=1S/C9H20N2/c1-7(2)8(10)9(4-5-9)6-11-3/h7-8,11H,4-6,10H2,1-3H3. The van der Waals surface area contributed by atoms with Crippen LogP contribution in [0.4, 0.5) is 0 Å². The lowest BCUT2D eigenvalue weighted by molar-refractivity contribution is 0.312. The third kappa shape index (κ3) is 1.74. The van der Waals surface area contributed by atoms with Gasteiger partial charge in [0.05, 0.1) is 0 Å². The highest BCUT2D eigenvalue weighted by atomic mass is 14.9. The monoisotopic (exact) mass is 156 g/mol. The van der Waals surface area contributed by atoms with Gasteiger partial charge in [0.2, 0.25) is 0 Å². The zero-order valence-electron chi connectivity index (χ0n) is 7.85. The van der Waals surface area contributed by atoms with Gasteiger partial charge in [-0.25, -0.2) is 0 Å². The van der Waals surface area contributed by atoms with Crippen molar-refractivity contribution in [3.8, 4) is 0 Å². The van der Waals surface area contributed by atoms with Crippen LogP contribution < -0.4 is 11.1 Å². The van der Waals surface area contributed by atoms with Crippen LogP contribution in [0.2, 0.25) is 0 Å². The maximum absolute atomic E-state index is 6.10. The summed E-state index contributed by atoms with van der Waals surface area (Å²) in [6.45, 7) is 5.51. The van der Waals surface area contributed by atoms with E-state index in [0.717, 1.165) is 6.54 Å². The van der Waals surface area contributed by atoms with Crippen molar-refractivity contribution in [1.29, 1.82) is 0 Å². The minimum atomic E-state index is 0.384. The van der Waals surface area contributed by atoms with E-state index in [1.807, 2.05) is 7.05 Å². The van der Waals surface area contributed by atoms with Crippen LogP contribution in [0.15, 0.2) is 0 Å². The van der Waals surface area contributed by atoms with E-state index < -0.39 is 0 Å². The van der Waals surface area contributed by atoms with Crippen molar-refractivity contribution < 1.29 is 0 Å². The zero-order chi connectivity index (χ0) is 8.48. The van der Waals surface area contributed by atoms with Gasteiger partial charge in [-0.1, -0.05) is 13.8 Å². The van der Waals surface area contributed by atoms with E-state index in [0.29, 0.717) is 17.4 Å². The van der Waals surface area contributed by atoms with Gasteiger partial charge >= 0.3 is 0 Å². The number of hydrogen-bond donors (Lipinski definition) is 2. The van der Waals surface area contributed by atoms with E-state index in [1.54, 1.807) is 0 Å². The summed E-state index contributed by atoms with van der Waals surface area (Å²) in [6, 6.07) is 0.384. The average molecular weight is 156 g/mol. The van der Waals surface area contributed by atoms with Gasteiger partial charge in [-0.05, 0) is 31.2 Å². The van der Waals surface area contributed by atoms with Crippen molar-refractivity contribution in [2.45, 2.75) is 32.7 Å². The third-order valence-electron chi connectivity index (χ3n) is 2.85. The van der Waals surface area contributed by atoms with Gasteiger partial charge in [-0.2, -0.15) is 0 Å². The molecule has 1 atom stereocenters. The lowest BCUT2D eigenvalue weighted by atomic mass is 9.88. The summed E-state index contributed by atoms with van der Waals surface area (Å²) in [6.07, 6.45) is 2.63. The normalized spacial score (nSPS) is 23.7. The fourth-order valence-electron chi connectivity index (χ4n) is 1.85. The summed E-state index contributed by atoms with van der Waals surface area (Å²) < 4.78 is 0. The molecule has 0 aliphatic heterocycles. The molecule has 2 nitrogen and oxygen atoms in total. The molecule has 1 saturated carbocycles.